The highest BCUT2D eigenvalue weighted by Crippen LogP contribution is 2.22. The van der Waals surface area contributed by atoms with Crippen LogP contribution in [0.1, 0.15) is 38.3 Å². The van der Waals surface area contributed by atoms with E-state index in [1.54, 1.807) is 32.2 Å². The Labute approximate surface area is 182 Å². The normalized spacial score (nSPS) is 12.7. The number of carbonyl (C=O) groups excluding carboxylic acids is 2. The van der Waals surface area contributed by atoms with Crippen LogP contribution >= 0.6 is 11.6 Å². The highest BCUT2D eigenvalue weighted by Gasteiger charge is 2.28. The van der Waals surface area contributed by atoms with Crippen molar-refractivity contribution in [2.24, 2.45) is 0 Å². The molecule has 0 spiro atoms. The Morgan fingerprint density at radius 2 is 1.83 bits per heavy atom. The van der Waals surface area contributed by atoms with Crippen molar-refractivity contribution >= 4 is 23.4 Å². The molecular formula is C23H28ClFN2O3. The molecule has 0 unspecified atom stereocenters. The summed E-state index contributed by atoms with van der Waals surface area (Å²) in [5, 5.41) is 3.09. The summed E-state index contributed by atoms with van der Waals surface area (Å²) in [5.74, 6) is -0.496. The largest absolute Gasteiger partial charge is 0.497 e. The number of nitrogens with zero attached hydrogens (tertiary/aromatic N) is 1. The summed E-state index contributed by atoms with van der Waals surface area (Å²) in [6.07, 6.45) is 0.540. The lowest BCUT2D eigenvalue weighted by atomic mass is 10.1. The molecule has 162 valence electrons. The van der Waals surface area contributed by atoms with E-state index in [1.807, 2.05) is 26.0 Å². The number of carbonyl (C=O) groups is 2. The average molecular weight is 435 g/mol. The van der Waals surface area contributed by atoms with Crippen molar-refractivity contribution in [3.05, 3.63) is 64.4 Å². The van der Waals surface area contributed by atoms with Crippen molar-refractivity contribution in [2.75, 3.05) is 7.11 Å². The molecule has 0 radical (unpaired) electrons. The fourth-order valence-corrected chi connectivity index (χ4v) is 3.16. The zero-order chi connectivity index (χ0) is 22.3. The van der Waals surface area contributed by atoms with Crippen LogP contribution in [0.25, 0.3) is 0 Å². The second-order valence-corrected chi connectivity index (χ2v) is 7.65. The number of hydrogen-bond donors (Lipinski definition) is 1. The van der Waals surface area contributed by atoms with Gasteiger partial charge in [-0.1, -0.05) is 36.7 Å². The van der Waals surface area contributed by atoms with Crippen molar-refractivity contribution in [2.45, 2.75) is 52.2 Å². The molecule has 1 N–H and O–H groups in total. The first-order chi connectivity index (χ1) is 14.3. The number of nitrogens with one attached hydrogen (secondary N) is 1. The van der Waals surface area contributed by atoms with Gasteiger partial charge in [-0.15, -0.1) is 0 Å². The summed E-state index contributed by atoms with van der Waals surface area (Å²) in [6.45, 7) is 5.74. The third-order valence-electron chi connectivity index (χ3n) is 5.07. The lowest BCUT2D eigenvalue weighted by molar-refractivity contribution is -0.140. The number of rotatable bonds is 9. The summed E-state index contributed by atoms with van der Waals surface area (Å²) in [7, 11) is 1.57. The average Bonchev–Trinajstić information content (AvgIpc) is 2.74. The first-order valence-corrected chi connectivity index (χ1v) is 10.3. The molecule has 2 rings (SSSR count). The Hall–Kier alpha value is -2.60. The van der Waals surface area contributed by atoms with E-state index in [4.69, 9.17) is 16.3 Å². The fourth-order valence-electron chi connectivity index (χ4n) is 2.93. The van der Waals surface area contributed by atoms with E-state index in [1.165, 1.54) is 17.0 Å². The van der Waals surface area contributed by atoms with Gasteiger partial charge in [-0.2, -0.15) is 0 Å². The molecule has 2 amide bonds. The highest BCUT2D eigenvalue weighted by molar-refractivity contribution is 6.31. The maximum atomic E-state index is 14.2. The van der Waals surface area contributed by atoms with E-state index in [0.717, 1.165) is 12.0 Å². The maximum Gasteiger partial charge on any atom is 0.242 e. The highest BCUT2D eigenvalue weighted by atomic mass is 35.5. The molecule has 30 heavy (non-hydrogen) atoms. The SMILES string of the molecule is CC[C@@H](C)NC(=O)[C@@H](C)N(Cc1ccc(OC)cc1)C(=O)Cc1c(F)cccc1Cl. The molecule has 2 aromatic carbocycles. The molecule has 0 aliphatic rings. The minimum atomic E-state index is -0.737. The monoisotopic (exact) mass is 434 g/mol. The van der Waals surface area contributed by atoms with E-state index in [2.05, 4.69) is 5.32 Å². The molecule has 5 nitrogen and oxygen atoms in total. The third kappa shape index (κ3) is 6.20. The Morgan fingerprint density at radius 1 is 1.17 bits per heavy atom. The number of benzene rings is 2. The van der Waals surface area contributed by atoms with Gasteiger partial charge in [0.2, 0.25) is 11.8 Å². The Bertz CT molecular complexity index is 853. The van der Waals surface area contributed by atoms with Gasteiger partial charge in [0.1, 0.15) is 17.6 Å². The van der Waals surface area contributed by atoms with Gasteiger partial charge >= 0.3 is 0 Å². The molecule has 0 saturated carbocycles. The van der Waals surface area contributed by atoms with Gasteiger partial charge in [-0.3, -0.25) is 9.59 Å². The van der Waals surface area contributed by atoms with Gasteiger partial charge in [-0.05, 0) is 50.1 Å². The third-order valence-corrected chi connectivity index (χ3v) is 5.42. The molecule has 0 heterocycles. The Kier molecular flexibility index (Phi) is 8.66. The second kappa shape index (κ2) is 11.0. The number of halogens is 2. The van der Waals surface area contributed by atoms with Crippen LogP contribution in [0.5, 0.6) is 5.75 Å². The summed E-state index contributed by atoms with van der Waals surface area (Å²) in [6, 6.07) is 10.8. The lowest BCUT2D eigenvalue weighted by Crippen LogP contribution is -2.50. The van der Waals surface area contributed by atoms with E-state index in [-0.39, 0.29) is 41.4 Å². The molecule has 2 aromatic rings. The minimum absolute atomic E-state index is 0.0149. The van der Waals surface area contributed by atoms with Crippen LogP contribution in [-0.2, 0) is 22.6 Å². The van der Waals surface area contributed by atoms with Crippen LogP contribution in [0, 0.1) is 5.82 Å². The van der Waals surface area contributed by atoms with Crippen LogP contribution in [0.4, 0.5) is 4.39 Å². The van der Waals surface area contributed by atoms with Gasteiger partial charge in [-0.25, -0.2) is 4.39 Å². The van der Waals surface area contributed by atoms with Crippen LogP contribution in [-0.4, -0.2) is 35.9 Å². The standard InChI is InChI=1S/C23H28ClFN2O3/c1-5-15(2)26-23(29)16(3)27(14-17-9-11-18(30-4)12-10-17)22(28)13-19-20(24)7-6-8-21(19)25/h6-12,15-16H,5,13-14H2,1-4H3,(H,26,29)/t15-,16-/m1/s1. The lowest BCUT2D eigenvalue weighted by Gasteiger charge is -2.30. The molecule has 0 aromatic heterocycles. The Balaban J connectivity index is 2.28. The van der Waals surface area contributed by atoms with E-state index >= 15 is 0 Å². The molecule has 0 fully saturated rings. The van der Waals surface area contributed by atoms with Crippen LogP contribution in [0.15, 0.2) is 42.5 Å². The molecule has 0 saturated heterocycles. The molecule has 0 bridgehead atoms. The first-order valence-electron chi connectivity index (χ1n) is 9.92. The Morgan fingerprint density at radius 3 is 2.40 bits per heavy atom. The van der Waals surface area contributed by atoms with Gasteiger partial charge in [0.25, 0.3) is 0 Å². The predicted molar refractivity (Wildman–Crippen MR) is 116 cm³/mol. The number of ether oxygens (including phenoxy) is 1. The zero-order valence-corrected chi connectivity index (χ0v) is 18.5. The topological polar surface area (TPSA) is 58.6 Å². The van der Waals surface area contributed by atoms with E-state index < -0.39 is 11.9 Å². The summed E-state index contributed by atoms with van der Waals surface area (Å²) in [4.78, 5) is 27.3. The zero-order valence-electron chi connectivity index (χ0n) is 17.7. The van der Waals surface area contributed by atoms with Gasteiger partial charge in [0, 0.05) is 23.2 Å². The predicted octanol–water partition coefficient (Wildman–Crippen LogP) is 4.36. The maximum absolute atomic E-state index is 14.2. The van der Waals surface area contributed by atoms with Crippen LogP contribution in [0.3, 0.4) is 0 Å². The molecule has 0 aliphatic heterocycles. The van der Waals surface area contributed by atoms with E-state index in [9.17, 15) is 14.0 Å². The number of hydrogen-bond acceptors (Lipinski definition) is 3. The molecule has 7 heteroatoms. The van der Waals surface area contributed by atoms with Gasteiger partial charge in [0.05, 0.1) is 13.5 Å². The second-order valence-electron chi connectivity index (χ2n) is 7.24. The van der Waals surface area contributed by atoms with Gasteiger partial charge in [0.15, 0.2) is 0 Å². The quantitative estimate of drug-likeness (QED) is 0.637. The van der Waals surface area contributed by atoms with Crippen molar-refractivity contribution in [1.82, 2.24) is 10.2 Å². The van der Waals surface area contributed by atoms with E-state index in [0.29, 0.717) is 5.75 Å². The van der Waals surface area contributed by atoms with Crippen LogP contribution < -0.4 is 10.1 Å². The smallest absolute Gasteiger partial charge is 0.242 e. The van der Waals surface area contributed by atoms with Crippen molar-refractivity contribution in [3.8, 4) is 5.75 Å². The van der Waals surface area contributed by atoms with Crippen molar-refractivity contribution in [1.29, 1.82) is 0 Å². The summed E-state index contributed by atoms with van der Waals surface area (Å²) in [5.41, 5.74) is 0.949. The summed E-state index contributed by atoms with van der Waals surface area (Å²) < 4.78 is 19.4. The fraction of sp³-hybridized carbons (Fsp3) is 0.391. The first kappa shape index (κ1) is 23.7. The van der Waals surface area contributed by atoms with Gasteiger partial charge < -0.3 is 15.0 Å². The summed E-state index contributed by atoms with van der Waals surface area (Å²) >= 11 is 6.10. The molecule has 2 atom stereocenters. The van der Waals surface area contributed by atoms with Crippen LogP contribution in [0.2, 0.25) is 5.02 Å². The molecular weight excluding hydrogens is 407 g/mol. The van der Waals surface area contributed by atoms with Crippen molar-refractivity contribution in [3.63, 3.8) is 0 Å². The number of amides is 2. The number of methoxy groups -OCH3 is 1. The molecule has 0 aliphatic carbocycles. The minimum Gasteiger partial charge on any atom is -0.497 e. The van der Waals surface area contributed by atoms with Crippen molar-refractivity contribution < 1.29 is 18.7 Å².